The van der Waals surface area contributed by atoms with Gasteiger partial charge >= 0.3 is 0 Å². The van der Waals surface area contributed by atoms with E-state index in [4.69, 9.17) is 15.1 Å². The van der Waals surface area contributed by atoms with E-state index in [-0.39, 0.29) is 5.91 Å². The molecule has 42 heavy (non-hydrogen) atoms. The van der Waals surface area contributed by atoms with Gasteiger partial charge in [0.05, 0.1) is 29.9 Å². The summed E-state index contributed by atoms with van der Waals surface area (Å²) >= 11 is 1.37. The number of carbonyl (C=O) groups excluding carboxylic acids is 1. The van der Waals surface area contributed by atoms with Gasteiger partial charge in [-0.05, 0) is 26.3 Å². The summed E-state index contributed by atoms with van der Waals surface area (Å²) in [5.74, 6) is 0.975. The van der Waals surface area contributed by atoms with Crippen molar-refractivity contribution in [2.75, 3.05) is 62.7 Å². The molecule has 6 rings (SSSR count). The van der Waals surface area contributed by atoms with Crippen LogP contribution >= 0.6 is 11.3 Å². The summed E-state index contributed by atoms with van der Waals surface area (Å²) in [6, 6.07) is 12.5. The predicted octanol–water partition coefficient (Wildman–Crippen LogP) is 3.24. The number of anilines is 3. The third kappa shape index (κ3) is 5.43. The molecule has 11 nitrogen and oxygen atoms in total. The standard InChI is InChI=1S/C30H35N9O2S/c1-4-39-29(35(3)30-33-27(25(16-31)42-30)21-7-5-20(2)6-8-21)24-15-22(17-32-28(24)34-39)37-13-11-36(12-14-37)19-26(41)38-10-9-23(40)18-38/h5-8,15,17,23,40H,4,9-14,18-19H2,1-3H3/t23-/m1/s1. The number of likely N-dealkylation sites (tertiary alicyclic amines) is 1. The molecular formula is C30H35N9O2S. The lowest BCUT2D eigenvalue weighted by atomic mass is 10.1. The number of nitrogens with zero attached hydrogens (tertiary/aromatic N) is 9. The number of hydrogen-bond acceptors (Lipinski definition) is 10. The van der Waals surface area contributed by atoms with Crippen LogP contribution in [0.1, 0.15) is 23.8 Å². The number of amides is 1. The summed E-state index contributed by atoms with van der Waals surface area (Å²) in [6.07, 6.45) is 2.14. The SMILES string of the molecule is CCn1nc2ncc(N3CCN(CC(=O)N4CC[C@@H](O)C4)CC3)cc2c1N(C)c1nc(-c2ccc(C)cc2)c(C#N)s1. The number of aromatic nitrogens is 4. The van der Waals surface area contributed by atoms with Crippen LogP contribution in [0.5, 0.6) is 0 Å². The van der Waals surface area contributed by atoms with Crippen LogP contribution in [-0.4, -0.2) is 99.5 Å². The number of thiazole rings is 1. The van der Waals surface area contributed by atoms with E-state index in [9.17, 15) is 15.2 Å². The number of aliphatic hydroxyl groups is 1. The summed E-state index contributed by atoms with van der Waals surface area (Å²) < 4.78 is 1.93. The second kappa shape index (κ2) is 11.7. The minimum atomic E-state index is -0.395. The maximum Gasteiger partial charge on any atom is 0.236 e. The van der Waals surface area contributed by atoms with E-state index in [0.717, 1.165) is 54.2 Å². The Bertz CT molecular complexity index is 1630. The molecule has 0 spiro atoms. The third-order valence-corrected chi connectivity index (χ3v) is 9.15. The van der Waals surface area contributed by atoms with Crippen molar-refractivity contribution in [1.29, 1.82) is 5.26 Å². The first-order valence-electron chi connectivity index (χ1n) is 14.4. The van der Waals surface area contributed by atoms with Crippen LogP contribution in [-0.2, 0) is 11.3 Å². The fourth-order valence-corrected chi connectivity index (χ4v) is 6.54. The van der Waals surface area contributed by atoms with Crippen LogP contribution in [0.3, 0.4) is 0 Å². The van der Waals surface area contributed by atoms with E-state index in [1.54, 1.807) is 4.90 Å². The zero-order valence-corrected chi connectivity index (χ0v) is 25.0. The van der Waals surface area contributed by atoms with Crippen molar-refractivity contribution in [2.24, 2.45) is 0 Å². The van der Waals surface area contributed by atoms with Crippen LogP contribution in [0.25, 0.3) is 22.3 Å². The molecule has 12 heteroatoms. The average molecular weight is 586 g/mol. The first-order valence-corrected chi connectivity index (χ1v) is 15.2. The van der Waals surface area contributed by atoms with Crippen LogP contribution < -0.4 is 9.80 Å². The van der Waals surface area contributed by atoms with E-state index in [1.165, 1.54) is 11.3 Å². The first-order chi connectivity index (χ1) is 20.3. The fourth-order valence-electron chi connectivity index (χ4n) is 5.69. The monoisotopic (exact) mass is 585 g/mol. The molecule has 1 amide bonds. The van der Waals surface area contributed by atoms with Crippen LogP contribution in [0.15, 0.2) is 36.5 Å². The largest absolute Gasteiger partial charge is 0.391 e. The number of β-amino-alcohol motifs (C(OH)–C–C–N with tert-alkyl or cyclic N) is 1. The molecule has 2 saturated heterocycles. The Morgan fingerprint density at radius 1 is 1.19 bits per heavy atom. The Morgan fingerprint density at radius 2 is 1.95 bits per heavy atom. The highest BCUT2D eigenvalue weighted by atomic mass is 32.1. The topological polar surface area (TPSA) is 118 Å². The molecule has 2 aliphatic rings. The molecule has 0 unspecified atom stereocenters. The van der Waals surface area contributed by atoms with Gasteiger partial charge in [0.15, 0.2) is 10.8 Å². The molecule has 1 atom stereocenters. The Balaban J connectivity index is 1.22. The Hall–Kier alpha value is -4.05. The molecule has 5 heterocycles. The van der Waals surface area contributed by atoms with Crippen LogP contribution in [0.4, 0.5) is 16.6 Å². The highest BCUT2D eigenvalue weighted by molar-refractivity contribution is 7.16. The van der Waals surface area contributed by atoms with Crippen LogP contribution in [0, 0.1) is 18.3 Å². The van der Waals surface area contributed by atoms with Crippen molar-refractivity contribution in [3.05, 3.63) is 47.0 Å². The molecule has 1 aromatic carbocycles. The summed E-state index contributed by atoms with van der Waals surface area (Å²) in [6.45, 7) is 9.34. The summed E-state index contributed by atoms with van der Waals surface area (Å²) in [4.78, 5) is 31.1. The van der Waals surface area contributed by atoms with Gasteiger partial charge in [0.2, 0.25) is 5.91 Å². The number of nitriles is 1. The third-order valence-electron chi connectivity index (χ3n) is 8.11. The van der Waals surface area contributed by atoms with Crippen molar-refractivity contribution < 1.29 is 9.90 Å². The molecule has 1 N–H and O–H groups in total. The number of piperazine rings is 1. The number of pyridine rings is 1. The number of carbonyl (C=O) groups is 1. The van der Waals surface area contributed by atoms with Crippen molar-refractivity contribution in [3.8, 4) is 17.3 Å². The second-order valence-electron chi connectivity index (χ2n) is 11.0. The molecule has 3 aromatic heterocycles. The molecule has 0 bridgehead atoms. The van der Waals surface area contributed by atoms with Gasteiger partial charge in [0.25, 0.3) is 0 Å². The molecule has 2 aliphatic heterocycles. The molecule has 2 fully saturated rings. The Kier molecular flexibility index (Phi) is 7.81. The lowest BCUT2D eigenvalue weighted by Gasteiger charge is -2.36. The number of rotatable bonds is 7. The lowest BCUT2D eigenvalue weighted by molar-refractivity contribution is -0.131. The maximum atomic E-state index is 12.7. The zero-order chi connectivity index (χ0) is 29.4. The van der Waals surface area contributed by atoms with Crippen molar-refractivity contribution in [2.45, 2.75) is 32.9 Å². The summed E-state index contributed by atoms with van der Waals surface area (Å²) in [5, 5.41) is 26.0. The molecular weight excluding hydrogens is 550 g/mol. The van der Waals surface area contributed by atoms with E-state index in [0.29, 0.717) is 53.9 Å². The summed E-state index contributed by atoms with van der Waals surface area (Å²) in [5.41, 5.74) is 4.44. The van der Waals surface area contributed by atoms with E-state index in [1.807, 2.05) is 60.9 Å². The highest BCUT2D eigenvalue weighted by Crippen LogP contribution is 2.38. The van der Waals surface area contributed by atoms with Crippen LogP contribution in [0.2, 0.25) is 0 Å². The number of benzene rings is 1. The predicted molar refractivity (Wildman–Crippen MR) is 164 cm³/mol. The number of fused-ring (bicyclic) bond motifs is 1. The lowest BCUT2D eigenvalue weighted by Crippen LogP contribution is -2.50. The zero-order valence-electron chi connectivity index (χ0n) is 24.2. The van der Waals surface area contributed by atoms with Gasteiger partial charge in [-0.25, -0.2) is 14.6 Å². The fraction of sp³-hybridized carbons (Fsp3) is 0.433. The van der Waals surface area contributed by atoms with E-state index in [2.05, 4.69) is 21.9 Å². The molecule has 0 saturated carbocycles. The number of hydrogen-bond donors (Lipinski definition) is 1. The van der Waals surface area contributed by atoms with Gasteiger partial charge in [-0.1, -0.05) is 41.2 Å². The van der Waals surface area contributed by atoms with E-state index < -0.39 is 6.10 Å². The second-order valence-corrected chi connectivity index (χ2v) is 11.9. The van der Waals surface area contributed by atoms with Gasteiger partial charge in [0.1, 0.15) is 22.5 Å². The van der Waals surface area contributed by atoms with Crippen molar-refractivity contribution >= 4 is 44.9 Å². The molecule has 0 radical (unpaired) electrons. The quantitative estimate of drug-likeness (QED) is 0.349. The van der Waals surface area contributed by atoms with Crippen molar-refractivity contribution in [1.82, 2.24) is 29.5 Å². The smallest absolute Gasteiger partial charge is 0.236 e. The number of aryl methyl sites for hydroxylation is 2. The normalized spacial score (nSPS) is 17.6. The summed E-state index contributed by atoms with van der Waals surface area (Å²) in [7, 11) is 1.96. The van der Waals surface area contributed by atoms with Crippen molar-refractivity contribution in [3.63, 3.8) is 0 Å². The molecule has 4 aromatic rings. The first kappa shape index (κ1) is 28.1. The Morgan fingerprint density at radius 3 is 2.62 bits per heavy atom. The molecule has 0 aliphatic carbocycles. The van der Waals surface area contributed by atoms with Gasteiger partial charge in [-0.15, -0.1) is 0 Å². The van der Waals surface area contributed by atoms with Gasteiger partial charge in [-0.3, -0.25) is 9.69 Å². The Labute approximate surface area is 249 Å². The van der Waals surface area contributed by atoms with E-state index >= 15 is 0 Å². The number of aliphatic hydroxyl groups excluding tert-OH is 1. The van der Waals surface area contributed by atoms with Gasteiger partial charge in [0, 0.05) is 58.4 Å². The van der Waals surface area contributed by atoms with Gasteiger partial charge < -0.3 is 19.8 Å². The van der Waals surface area contributed by atoms with Gasteiger partial charge in [-0.2, -0.15) is 10.4 Å². The molecule has 218 valence electrons. The minimum Gasteiger partial charge on any atom is -0.391 e. The highest BCUT2D eigenvalue weighted by Gasteiger charge is 2.28. The minimum absolute atomic E-state index is 0.0926. The maximum absolute atomic E-state index is 12.7. The average Bonchev–Trinajstić information content (AvgIpc) is 3.73.